The van der Waals surface area contributed by atoms with Gasteiger partial charge in [-0.2, -0.15) is 5.10 Å². The Morgan fingerprint density at radius 2 is 1.82 bits per heavy atom. The molecule has 9 nitrogen and oxygen atoms in total. The van der Waals surface area contributed by atoms with Crippen LogP contribution in [-0.4, -0.2) is 64.6 Å². The van der Waals surface area contributed by atoms with E-state index >= 15 is 0 Å². The maximum Gasteiger partial charge on any atom is 0.171 e. The fraction of sp³-hybridized carbons (Fsp3) is 0.417. The number of hydrogen-bond donors (Lipinski definition) is 0. The normalized spacial score (nSPS) is 15.5. The van der Waals surface area contributed by atoms with E-state index < -0.39 is 0 Å². The first-order valence-electron chi connectivity index (χ1n) is 11.4. The van der Waals surface area contributed by atoms with Crippen molar-refractivity contribution in [2.75, 3.05) is 13.1 Å². The van der Waals surface area contributed by atoms with Crippen molar-refractivity contribution in [1.82, 2.24) is 39.6 Å². The van der Waals surface area contributed by atoms with E-state index in [4.69, 9.17) is 0 Å². The van der Waals surface area contributed by atoms with Crippen molar-refractivity contribution in [1.29, 1.82) is 0 Å². The van der Waals surface area contributed by atoms with Crippen molar-refractivity contribution in [2.24, 2.45) is 7.05 Å². The summed E-state index contributed by atoms with van der Waals surface area (Å²) in [5.41, 5.74) is 2.81. The standard InChI is InChI=1S/C24H28N8O/c1-16(2)31-6-4-21(5-7-31)32-14-19(13-27-32)24(33)10-20-8-17-9-22(23-15-30(3)29-28-23)26-12-18(17)11-25-20/h8-9,11-16,21H,4-7,10H2,1-3H3. The Hall–Kier alpha value is -3.46. The molecule has 4 aromatic heterocycles. The number of rotatable bonds is 6. The zero-order valence-electron chi connectivity index (χ0n) is 19.2. The van der Waals surface area contributed by atoms with Crippen LogP contribution in [0.3, 0.4) is 0 Å². The van der Waals surface area contributed by atoms with E-state index in [9.17, 15) is 4.79 Å². The third kappa shape index (κ3) is 4.54. The van der Waals surface area contributed by atoms with Crippen LogP contribution in [-0.2, 0) is 13.5 Å². The molecule has 0 bridgehead atoms. The van der Waals surface area contributed by atoms with Crippen molar-refractivity contribution in [2.45, 2.75) is 45.2 Å². The molecule has 0 unspecified atom stereocenters. The summed E-state index contributed by atoms with van der Waals surface area (Å²) in [6, 6.07) is 4.83. The summed E-state index contributed by atoms with van der Waals surface area (Å²) in [6.45, 7) is 6.60. The van der Waals surface area contributed by atoms with E-state index in [1.165, 1.54) is 0 Å². The molecule has 5 rings (SSSR count). The van der Waals surface area contributed by atoms with Crippen LogP contribution in [0.25, 0.3) is 22.2 Å². The van der Waals surface area contributed by atoms with Crippen molar-refractivity contribution in [3.63, 3.8) is 0 Å². The monoisotopic (exact) mass is 444 g/mol. The Balaban J connectivity index is 1.29. The average molecular weight is 445 g/mol. The predicted molar refractivity (Wildman–Crippen MR) is 125 cm³/mol. The molecule has 170 valence electrons. The number of pyridine rings is 2. The molecule has 1 aliphatic heterocycles. The van der Waals surface area contributed by atoms with Crippen LogP contribution in [0.1, 0.15) is 48.8 Å². The number of piperidine rings is 1. The van der Waals surface area contributed by atoms with Crippen LogP contribution < -0.4 is 0 Å². The van der Waals surface area contributed by atoms with Gasteiger partial charge in [-0.1, -0.05) is 5.21 Å². The molecular formula is C24H28N8O. The van der Waals surface area contributed by atoms with E-state index in [0.717, 1.165) is 48.1 Å². The Labute approximate surface area is 192 Å². The number of fused-ring (bicyclic) bond motifs is 1. The van der Waals surface area contributed by atoms with Gasteiger partial charge in [0.05, 0.1) is 36.1 Å². The molecule has 1 fully saturated rings. The van der Waals surface area contributed by atoms with Crippen LogP contribution in [0.15, 0.2) is 43.1 Å². The first-order valence-corrected chi connectivity index (χ1v) is 11.4. The molecule has 5 heterocycles. The number of Topliss-reactive ketones (excluding diaryl/α,β-unsaturated/α-hetero) is 1. The zero-order chi connectivity index (χ0) is 22.9. The summed E-state index contributed by atoms with van der Waals surface area (Å²) in [5, 5.41) is 14.5. The number of carbonyl (C=O) groups excluding carboxylic acids is 1. The second-order valence-corrected chi connectivity index (χ2v) is 9.04. The fourth-order valence-corrected chi connectivity index (χ4v) is 4.40. The van der Waals surface area contributed by atoms with Crippen molar-refractivity contribution < 1.29 is 4.79 Å². The van der Waals surface area contributed by atoms with E-state index in [-0.39, 0.29) is 12.2 Å². The second kappa shape index (κ2) is 8.82. The number of ketones is 1. The Morgan fingerprint density at radius 1 is 1.03 bits per heavy atom. The molecule has 1 aliphatic rings. The first kappa shape index (κ1) is 21.4. The summed E-state index contributed by atoms with van der Waals surface area (Å²) in [5.74, 6) is 0.0240. The highest BCUT2D eigenvalue weighted by Crippen LogP contribution is 2.24. The van der Waals surface area contributed by atoms with Gasteiger partial charge in [-0.25, -0.2) is 0 Å². The van der Waals surface area contributed by atoms with Gasteiger partial charge in [0, 0.05) is 55.8 Å². The molecule has 0 aromatic carbocycles. The largest absolute Gasteiger partial charge is 0.301 e. The van der Waals surface area contributed by atoms with Gasteiger partial charge in [0.25, 0.3) is 0 Å². The molecule has 0 aliphatic carbocycles. The lowest BCUT2D eigenvalue weighted by Crippen LogP contribution is -2.39. The molecule has 0 atom stereocenters. The fourth-order valence-electron chi connectivity index (χ4n) is 4.40. The van der Waals surface area contributed by atoms with Gasteiger partial charge in [0.15, 0.2) is 5.78 Å². The van der Waals surface area contributed by atoms with Crippen LogP contribution in [0.5, 0.6) is 0 Å². The Kier molecular flexibility index (Phi) is 5.72. The molecule has 9 heteroatoms. The SMILES string of the molecule is CC(C)N1CCC(n2cc(C(=O)Cc3cc4cc(-c5cn(C)nn5)ncc4cn3)cn2)CC1. The molecule has 4 aromatic rings. The van der Waals surface area contributed by atoms with Gasteiger partial charge < -0.3 is 4.90 Å². The van der Waals surface area contributed by atoms with Crippen LogP contribution in [0.2, 0.25) is 0 Å². The topological polar surface area (TPSA) is 94.6 Å². The molecule has 1 saturated heterocycles. The molecule has 0 radical (unpaired) electrons. The highest BCUT2D eigenvalue weighted by atomic mass is 16.1. The summed E-state index contributed by atoms with van der Waals surface area (Å²) < 4.78 is 3.61. The molecule has 0 saturated carbocycles. The van der Waals surface area contributed by atoms with Gasteiger partial charge in [-0.05, 0) is 44.2 Å². The van der Waals surface area contributed by atoms with Crippen molar-refractivity contribution in [3.05, 3.63) is 54.4 Å². The van der Waals surface area contributed by atoms with Crippen molar-refractivity contribution in [3.8, 4) is 11.4 Å². The minimum absolute atomic E-state index is 0.0240. The van der Waals surface area contributed by atoms with Gasteiger partial charge in [-0.15, -0.1) is 5.10 Å². The molecule has 0 amide bonds. The number of aromatic nitrogens is 7. The van der Waals surface area contributed by atoms with Crippen molar-refractivity contribution >= 4 is 16.6 Å². The van der Waals surface area contributed by atoms with Crippen LogP contribution in [0, 0.1) is 0 Å². The van der Waals surface area contributed by atoms with E-state index in [1.807, 2.05) is 36.3 Å². The lowest BCUT2D eigenvalue weighted by molar-refractivity contribution is 0.0991. The third-order valence-electron chi connectivity index (χ3n) is 6.39. The molecule has 0 spiro atoms. The van der Waals surface area contributed by atoms with E-state index in [0.29, 0.717) is 23.3 Å². The van der Waals surface area contributed by atoms with Gasteiger partial charge in [-0.3, -0.25) is 24.1 Å². The Bertz CT molecular complexity index is 1280. The number of likely N-dealkylation sites (tertiary alicyclic amines) is 1. The molecule has 0 N–H and O–H groups in total. The maximum atomic E-state index is 12.9. The minimum atomic E-state index is 0.0240. The van der Waals surface area contributed by atoms with Crippen LogP contribution >= 0.6 is 0 Å². The lowest BCUT2D eigenvalue weighted by atomic mass is 10.0. The quantitative estimate of drug-likeness (QED) is 0.422. The number of hydrogen-bond acceptors (Lipinski definition) is 7. The van der Waals surface area contributed by atoms with E-state index in [1.54, 1.807) is 23.3 Å². The Morgan fingerprint density at radius 3 is 2.55 bits per heavy atom. The molecule has 33 heavy (non-hydrogen) atoms. The van der Waals surface area contributed by atoms with E-state index in [2.05, 4.69) is 44.1 Å². The summed E-state index contributed by atoms with van der Waals surface area (Å²) in [4.78, 5) is 24.4. The maximum absolute atomic E-state index is 12.9. The summed E-state index contributed by atoms with van der Waals surface area (Å²) >= 11 is 0. The van der Waals surface area contributed by atoms with Gasteiger partial charge >= 0.3 is 0 Å². The highest BCUT2D eigenvalue weighted by molar-refractivity contribution is 5.97. The van der Waals surface area contributed by atoms with Gasteiger partial charge in [0.1, 0.15) is 5.69 Å². The predicted octanol–water partition coefficient (Wildman–Crippen LogP) is 3.09. The lowest BCUT2D eigenvalue weighted by Gasteiger charge is -2.34. The average Bonchev–Trinajstić information content (AvgIpc) is 3.48. The first-order chi connectivity index (χ1) is 16.0. The number of carbonyl (C=O) groups is 1. The highest BCUT2D eigenvalue weighted by Gasteiger charge is 2.23. The molecular weight excluding hydrogens is 416 g/mol. The summed E-state index contributed by atoms with van der Waals surface area (Å²) in [6.07, 6.45) is 11.3. The number of aryl methyl sites for hydroxylation is 1. The zero-order valence-corrected chi connectivity index (χ0v) is 19.2. The third-order valence-corrected chi connectivity index (χ3v) is 6.39. The van der Waals surface area contributed by atoms with Gasteiger partial charge in [0.2, 0.25) is 0 Å². The summed E-state index contributed by atoms with van der Waals surface area (Å²) in [7, 11) is 1.82. The number of nitrogens with zero attached hydrogens (tertiary/aromatic N) is 8. The smallest absolute Gasteiger partial charge is 0.171 e. The minimum Gasteiger partial charge on any atom is -0.301 e. The van der Waals surface area contributed by atoms with Crippen LogP contribution in [0.4, 0.5) is 0 Å². The second-order valence-electron chi connectivity index (χ2n) is 9.04.